The van der Waals surface area contributed by atoms with Gasteiger partial charge in [0.05, 0.1) is 4.92 Å². The number of aromatic nitrogens is 2. The minimum Gasteiger partial charge on any atom is -0.323 e. The van der Waals surface area contributed by atoms with Gasteiger partial charge in [-0.05, 0) is 44.0 Å². The lowest BCUT2D eigenvalue weighted by atomic mass is 10.1. The average molecular weight is 307 g/mol. The van der Waals surface area contributed by atoms with Crippen LogP contribution < -0.4 is 4.90 Å². The maximum absolute atomic E-state index is 11.3. The summed E-state index contributed by atoms with van der Waals surface area (Å²) >= 11 is 5.85. The zero-order valence-corrected chi connectivity index (χ0v) is 13.0. The lowest BCUT2D eigenvalue weighted by molar-refractivity contribution is -0.385. The molecule has 0 unspecified atom stereocenters. The SMILES string of the molecule is Cc1ccc(N(C)c2nc(Cl)nc(C)c2[N+](=O)[O-])c(C)c1. The van der Waals surface area contributed by atoms with Crippen molar-refractivity contribution >= 4 is 28.8 Å². The molecular weight excluding hydrogens is 292 g/mol. The molecule has 0 spiro atoms. The van der Waals surface area contributed by atoms with Crippen LogP contribution in [-0.4, -0.2) is 21.9 Å². The van der Waals surface area contributed by atoms with E-state index in [0.717, 1.165) is 16.8 Å². The van der Waals surface area contributed by atoms with E-state index in [2.05, 4.69) is 9.97 Å². The largest absolute Gasteiger partial charge is 0.333 e. The monoisotopic (exact) mass is 306 g/mol. The standard InChI is InChI=1S/C14H15ClN4O2/c1-8-5-6-11(9(2)7-8)18(4)13-12(19(20)21)10(3)16-14(15)17-13/h5-7H,1-4H3. The molecule has 0 atom stereocenters. The molecule has 1 heterocycles. The third-order valence-electron chi connectivity index (χ3n) is 3.23. The fraction of sp³-hybridized carbons (Fsp3) is 0.286. The maximum atomic E-state index is 11.3. The summed E-state index contributed by atoms with van der Waals surface area (Å²) in [6.07, 6.45) is 0. The zero-order chi connectivity index (χ0) is 15.7. The van der Waals surface area contributed by atoms with E-state index in [-0.39, 0.29) is 22.5 Å². The Balaban J connectivity index is 2.62. The Morgan fingerprint density at radius 2 is 1.90 bits per heavy atom. The van der Waals surface area contributed by atoms with Gasteiger partial charge in [0.15, 0.2) is 0 Å². The van der Waals surface area contributed by atoms with Crippen LogP contribution in [0, 0.1) is 30.9 Å². The zero-order valence-electron chi connectivity index (χ0n) is 12.2. The first-order valence-electron chi connectivity index (χ1n) is 6.30. The number of anilines is 2. The predicted octanol–water partition coefficient (Wildman–Crippen LogP) is 3.73. The number of hydrogen-bond donors (Lipinski definition) is 0. The molecule has 0 aliphatic rings. The number of rotatable bonds is 3. The number of halogens is 1. The van der Waals surface area contributed by atoms with Gasteiger partial charge < -0.3 is 4.90 Å². The molecule has 6 nitrogen and oxygen atoms in total. The minimum absolute atomic E-state index is 0.00952. The minimum atomic E-state index is -0.485. The normalized spacial score (nSPS) is 10.5. The Hall–Kier alpha value is -2.21. The summed E-state index contributed by atoms with van der Waals surface area (Å²) in [5.74, 6) is 0.185. The fourth-order valence-corrected chi connectivity index (χ4v) is 2.47. The van der Waals surface area contributed by atoms with Crippen molar-refractivity contribution < 1.29 is 4.92 Å². The molecule has 0 bridgehead atoms. The number of aryl methyl sites for hydroxylation is 3. The summed E-state index contributed by atoms with van der Waals surface area (Å²) in [6.45, 7) is 5.48. The van der Waals surface area contributed by atoms with Gasteiger partial charge in [0.2, 0.25) is 11.1 Å². The summed E-state index contributed by atoms with van der Waals surface area (Å²) in [5.41, 5.74) is 3.06. The van der Waals surface area contributed by atoms with Gasteiger partial charge in [-0.15, -0.1) is 0 Å². The molecule has 0 radical (unpaired) electrons. The molecule has 0 fully saturated rings. The molecule has 0 aliphatic heterocycles. The van der Waals surface area contributed by atoms with Gasteiger partial charge in [-0.1, -0.05) is 17.7 Å². The van der Waals surface area contributed by atoms with Crippen LogP contribution >= 0.6 is 11.6 Å². The number of nitro groups is 1. The van der Waals surface area contributed by atoms with Crippen molar-refractivity contribution in [2.24, 2.45) is 0 Å². The highest BCUT2D eigenvalue weighted by Gasteiger charge is 2.25. The summed E-state index contributed by atoms with van der Waals surface area (Å²) in [6, 6.07) is 5.85. The van der Waals surface area contributed by atoms with E-state index in [1.807, 2.05) is 32.0 Å². The highest BCUT2D eigenvalue weighted by atomic mass is 35.5. The van der Waals surface area contributed by atoms with E-state index >= 15 is 0 Å². The third-order valence-corrected chi connectivity index (χ3v) is 3.40. The van der Waals surface area contributed by atoms with E-state index in [9.17, 15) is 10.1 Å². The van der Waals surface area contributed by atoms with E-state index in [1.165, 1.54) is 0 Å². The van der Waals surface area contributed by atoms with Crippen LogP contribution in [-0.2, 0) is 0 Å². The second-order valence-electron chi connectivity index (χ2n) is 4.86. The number of nitrogens with zero attached hydrogens (tertiary/aromatic N) is 4. The molecule has 21 heavy (non-hydrogen) atoms. The second-order valence-corrected chi connectivity index (χ2v) is 5.19. The molecule has 1 aromatic heterocycles. The fourth-order valence-electron chi connectivity index (χ4n) is 2.26. The molecule has 0 aliphatic carbocycles. The van der Waals surface area contributed by atoms with Gasteiger partial charge >= 0.3 is 5.69 Å². The van der Waals surface area contributed by atoms with Gasteiger partial charge in [-0.25, -0.2) is 4.98 Å². The summed E-state index contributed by atoms with van der Waals surface area (Å²) in [5, 5.41) is 11.3. The number of hydrogen-bond acceptors (Lipinski definition) is 5. The quantitative estimate of drug-likeness (QED) is 0.491. The lowest BCUT2D eigenvalue weighted by Gasteiger charge is -2.21. The van der Waals surface area contributed by atoms with Crippen molar-refractivity contribution in [1.29, 1.82) is 0 Å². The lowest BCUT2D eigenvalue weighted by Crippen LogP contribution is -2.16. The Labute approximate surface area is 127 Å². The van der Waals surface area contributed by atoms with E-state index in [4.69, 9.17) is 11.6 Å². The van der Waals surface area contributed by atoms with Crippen LogP contribution in [0.3, 0.4) is 0 Å². The summed E-state index contributed by atoms with van der Waals surface area (Å²) in [7, 11) is 1.72. The van der Waals surface area contributed by atoms with E-state index in [1.54, 1.807) is 18.9 Å². The molecule has 2 aromatic rings. The Bertz CT molecular complexity index is 718. The van der Waals surface area contributed by atoms with Gasteiger partial charge in [0.1, 0.15) is 5.69 Å². The van der Waals surface area contributed by atoms with E-state index < -0.39 is 4.92 Å². The van der Waals surface area contributed by atoms with Crippen molar-refractivity contribution in [1.82, 2.24) is 9.97 Å². The molecule has 0 N–H and O–H groups in total. The average Bonchev–Trinajstić information content (AvgIpc) is 2.36. The van der Waals surface area contributed by atoms with Crippen LogP contribution in [0.15, 0.2) is 18.2 Å². The van der Waals surface area contributed by atoms with Crippen LogP contribution in [0.5, 0.6) is 0 Å². The molecule has 0 amide bonds. The number of benzene rings is 1. The predicted molar refractivity (Wildman–Crippen MR) is 82.4 cm³/mol. The van der Waals surface area contributed by atoms with E-state index in [0.29, 0.717) is 0 Å². The Morgan fingerprint density at radius 3 is 2.48 bits per heavy atom. The van der Waals surface area contributed by atoms with Gasteiger partial charge in [-0.3, -0.25) is 10.1 Å². The Kier molecular flexibility index (Phi) is 4.09. The van der Waals surface area contributed by atoms with Gasteiger partial charge in [0, 0.05) is 12.7 Å². The first-order valence-corrected chi connectivity index (χ1v) is 6.68. The van der Waals surface area contributed by atoms with Crippen molar-refractivity contribution in [2.75, 3.05) is 11.9 Å². The Morgan fingerprint density at radius 1 is 1.24 bits per heavy atom. The van der Waals surface area contributed by atoms with Crippen LogP contribution in [0.2, 0.25) is 5.28 Å². The smallest absolute Gasteiger partial charge is 0.323 e. The van der Waals surface area contributed by atoms with Crippen molar-refractivity contribution in [3.05, 3.63) is 50.4 Å². The first-order chi connectivity index (χ1) is 9.81. The van der Waals surface area contributed by atoms with Gasteiger partial charge in [-0.2, -0.15) is 4.98 Å². The molecule has 110 valence electrons. The highest BCUT2D eigenvalue weighted by molar-refractivity contribution is 6.28. The van der Waals surface area contributed by atoms with Crippen LogP contribution in [0.1, 0.15) is 16.8 Å². The third kappa shape index (κ3) is 2.95. The maximum Gasteiger partial charge on any atom is 0.333 e. The van der Waals surface area contributed by atoms with Crippen LogP contribution in [0.25, 0.3) is 0 Å². The molecule has 0 saturated carbocycles. The van der Waals surface area contributed by atoms with Gasteiger partial charge in [0.25, 0.3) is 0 Å². The molecule has 1 aromatic carbocycles. The molecule has 2 rings (SSSR count). The second kappa shape index (κ2) is 5.65. The molecule has 7 heteroatoms. The van der Waals surface area contributed by atoms with Crippen molar-refractivity contribution in [2.45, 2.75) is 20.8 Å². The van der Waals surface area contributed by atoms with Crippen molar-refractivity contribution in [3.63, 3.8) is 0 Å². The first kappa shape index (κ1) is 15.2. The molecule has 0 saturated heterocycles. The van der Waals surface area contributed by atoms with Crippen molar-refractivity contribution in [3.8, 4) is 0 Å². The molecular formula is C14H15ClN4O2. The summed E-state index contributed by atoms with van der Waals surface area (Å²) < 4.78 is 0. The highest BCUT2D eigenvalue weighted by Crippen LogP contribution is 2.34. The summed E-state index contributed by atoms with van der Waals surface area (Å²) in [4.78, 5) is 20.3. The topological polar surface area (TPSA) is 72.2 Å². The van der Waals surface area contributed by atoms with Crippen LogP contribution in [0.4, 0.5) is 17.2 Å².